The standard InChI is InChI=1S/C22H29N3S/c23-21-6-5-20(13-21)19-4-3-17-11-16(1-2-18(17)12-19)15-26-10-7-22-14-24-8-9-25-22/h3-4,8-9,12,14,16,20-21H,1-2,5-7,10-11,13,15,23H2. The Morgan fingerprint density at radius 2 is 2.08 bits per heavy atom. The Hall–Kier alpha value is -1.39. The van der Waals surface area contributed by atoms with Crippen LogP contribution < -0.4 is 5.73 Å². The lowest BCUT2D eigenvalue weighted by molar-refractivity contribution is 0.508. The molecule has 1 aromatic heterocycles. The van der Waals surface area contributed by atoms with Gasteiger partial charge in [0.1, 0.15) is 0 Å². The van der Waals surface area contributed by atoms with E-state index in [4.69, 9.17) is 5.73 Å². The highest BCUT2D eigenvalue weighted by atomic mass is 32.2. The van der Waals surface area contributed by atoms with Gasteiger partial charge in [0.05, 0.1) is 5.69 Å². The van der Waals surface area contributed by atoms with Gasteiger partial charge in [0.25, 0.3) is 0 Å². The molecule has 4 heteroatoms. The van der Waals surface area contributed by atoms with Gasteiger partial charge in [-0.05, 0) is 78.6 Å². The molecular weight excluding hydrogens is 338 g/mol. The Balaban J connectivity index is 1.26. The fourth-order valence-corrected chi connectivity index (χ4v) is 5.59. The fraction of sp³-hybridized carbons (Fsp3) is 0.545. The van der Waals surface area contributed by atoms with Gasteiger partial charge in [-0.25, -0.2) is 0 Å². The summed E-state index contributed by atoms with van der Waals surface area (Å²) < 4.78 is 0. The van der Waals surface area contributed by atoms with Crippen LogP contribution in [-0.2, 0) is 19.3 Å². The molecule has 0 saturated heterocycles. The van der Waals surface area contributed by atoms with Crippen LogP contribution in [0.15, 0.2) is 36.8 Å². The summed E-state index contributed by atoms with van der Waals surface area (Å²) in [6.07, 6.45) is 13.9. The number of benzene rings is 1. The summed E-state index contributed by atoms with van der Waals surface area (Å²) in [6.45, 7) is 0. The Labute approximate surface area is 161 Å². The van der Waals surface area contributed by atoms with Gasteiger partial charge in [-0.15, -0.1) is 0 Å². The normalized spacial score (nSPS) is 25.2. The highest BCUT2D eigenvalue weighted by molar-refractivity contribution is 7.99. The van der Waals surface area contributed by atoms with Crippen molar-refractivity contribution in [2.45, 2.75) is 56.9 Å². The summed E-state index contributed by atoms with van der Waals surface area (Å²) in [5.41, 5.74) is 11.9. The molecule has 1 heterocycles. The molecule has 3 unspecified atom stereocenters. The minimum absolute atomic E-state index is 0.416. The van der Waals surface area contributed by atoms with E-state index in [9.17, 15) is 0 Å². The molecule has 2 aromatic rings. The van der Waals surface area contributed by atoms with E-state index in [0.29, 0.717) is 12.0 Å². The Kier molecular flexibility index (Phi) is 5.91. The molecule has 26 heavy (non-hydrogen) atoms. The van der Waals surface area contributed by atoms with Crippen LogP contribution in [0.5, 0.6) is 0 Å². The molecular formula is C22H29N3S. The van der Waals surface area contributed by atoms with Gasteiger partial charge in [0.2, 0.25) is 0 Å². The van der Waals surface area contributed by atoms with Crippen molar-refractivity contribution in [1.82, 2.24) is 9.97 Å². The van der Waals surface area contributed by atoms with Crippen molar-refractivity contribution in [3.05, 3.63) is 59.2 Å². The van der Waals surface area contributed by atoms with Crippen molar-refractivity contribution in [2.24, 2.45) is 11.7 Å². The van der Waals surface area contributed by atoms with E-state index in [0.717, 1.165) is 23.8 Å². The van der Waals surface area contributed by atoms with E-state index in [1.54, 1.807) is 23.5 Å². The maximum atomic E-state index is 6.10. The van der Waals surface area contributed by atoms with Crippen LogP contribution >= 0.6 is 11.8 Å². The zero-order chi connectivity index (χ0) is 17.8. The third-order valence-electron chi connectivity index (χ3n) is 5.98. The van der Waals surface area contributed by atoms with E-state index in [2.05, 4.69) is 39.9 Å². The highest BCUT2D eigenvalue weighted by Gasteiger charge is 2.25. The summed E-state index contributed by atoms with van der Waals surface area (Å²) >= 11 is 2.07. The molecule has 0 radical (unpaired) electrons. The molecule has 1 saturated carbocycles. The first-order valence-electron chi connectivity index (χ1n) is 9.98. The summed E-state index contributed by atoms with van der Waals surface area (Å²) in [5.74, 6) is 3.92. The molecule has 0 spiro atoms. The third-order valence-corrected chi connectivity index (χ3v) is 7.18. The first kappa shape index (κ1) is 18.0. The second-order valence-corrected chi connectivity index (χ2v) is 9.08. The fourth-order valence-electron chi connectivity index (χ4n) is 4.45. The molecule has 0 bridgehead atoms. The molecule has 3 nitrogen and oxygen atoms in total. The number of rotatable bonds is 6. The predicted octanol–water partition coefficient (Wildman–Crippen LogP) is 4.15. The Morgan fingerprint density at radius 1 is 1.12 bits per heavy atom. The SMILES string of the molecule is NC1CCC(c2ccc3c(c2)CCC(CSCCc2cnccn2)C3)C1. The first-order chi connectivity index (χ1) is 12.8. The summed E-state index contributed by atoms with van der Waals surface area (Å²) in [6, 6.07) is 7.70. The molecule has 2 aliphatic rings. The highest BCUT2D eigenvalue weighted by Crippen LogP contribution is 2.36. The quantitative estimate of drug-likeness (QED) is 0.779. The van der Waals surface area contributed by atoms with Gasteiger partial charge in [-0.1, -0.05) is 18.2 Å². The van der Waals surface area contributed by atoms with Crippen molar-refractivity contribution in [3.8, 4) is 0 Å². The van der Waals surface area contributed by atoms with Crippen LogP contribution in [0, 0.1) is 5.92 Å². The van der Waals surface area contributed by atoms with Crippen molar-refractivity contribution < 1.29 is 0 Å². The van der Waals surface area contributed by atoms with E-state index < -0.39 is 0 Å². The molecule has 138 valence electrons. The topological polar surface area (TPSA) is 51.8 Å². The van der Waals surface area contributed by atoms with Gasteiger partial charge in [0, 0.05) is 31.1 Å². The average molecular weight is 368 g/mol. The summed E-state index contributed by atoms with van der Waals surface area (Å²) in [4.78, 5) is 8.49. The first-order valence-corrected chi connectivity index (χ1v) is 11.1. The van der Waals surface area contributed by atoms with Gasteiger partial charge in [0.15, 0.2) is 0 Å². The third kappa shape index (κ3) is 4.47. The smallest absolute Gasteiger partial charge is 0.0594 e. The summed E-state index contributed by atoms with van der Waals surface area (Å²) in [7, 11) is 0. The Bertz CT molecular complexity index is 719. The number of hydrogen-bond acceptors (Lipinski definition) is 4. The van der Waals surface area contributed by atoms with Gasteiger partial charge < -0.3 is 5.73 Å². The van der Waals surface area contributed by atoms with Crippen molar-refractivity contribution in [1.29, 1.82) is 0 Å². The lowest BCUT2D eigenvalue weighted by atomic mass is 9.82. The minimum atomic E-state index is 0.416. The molecule has 1 aromatic carbocycles. The minimum Gasteiger partial charge on any atom is -0.328 e. The van der Waals surface area contributed by atoms with Crippen molar-refractivity contribution in [3.63, 3.8) is 0 Å². The monoisotopic (exact) mass is 367 g/mol. The van der Waals surface area contributed by atoms with Crippen LogP contribution in [0.25, 0.3) is 0 Å². The second-order valence-electron chi connectivity index (χ2n) is 7.93. The molecule has 1 fully saturated rings. The lowest BCUT2D eigenvalue weighted by Crippen LogP contribution is -2.17. The van der Waals surface area contributed by atoms with Crippen LogP contribution in [-0.4, -0.2) is 27.5 Å². The van der Waals surface area contributed by atoms with Crippen LogP contribution in [0.1, 0.15) is 54.0 Å². The van der Waals surface area contributed by atoms with Crippen LogP contribution in [0.2, 0.25) is 0 Å². The lowest BCUT2D eigenvalue weighted by Gasteiger charge is -2.25. The number of nitrogens with two attached hydrogens (primary N) is 1. The van der Waals surface area contributed by atoms with Crippen LogP contribution in [0.4, 0.5) is 0 Å². The predicted molar refractivity (Wildman–Crippen MR) is 110 cm³/mol. The number of aryl methyl sites for hydroxylation is 2. The zero-order valence-corrected chi connectivity index (χ0v) is 16.3. The maximum Gasteiger partial charge on any atom is 0.0594 e. The van der Waals surface area contributed by atoms with Gasteiger partial charge in [-0.3, -0.25) is 9.97 Å². The van der Waals surface area contributed by atoms with Gasteiger partial charge in [-0.2, -0.15) is 11.8 Å². The maximum absolute atomic E-state index is 6.10. The number of aromatic nitrogens is 2. The molecule has 0 aliphatic heterocycles. The molecule has 2 N–H and O–H groups in total. The largest absolute Gasteiger partial charge is 0.328 e. The number of hydrogen-bond donors (Lipinski definition) is 1. The van der Waals surface area contributed by atoms with E-state index in [-0.39, 0.29) is 0 Å². The Morgan fingerprint density at radius 3 is 2.88 bits per heavy atom. The van der Waals surface area contributed by atoms with Crippen molar-refractivity contribution >= 4 is 11.8 Å². The van der Waals surface area contributed by atoms with Crippen LogP contribution in [0.3, 0.4) is 0 Å². The van der Waals surface area contributed by atoms with E-state index in [1.807, 2.05) is 6.20 Å². The number of nitrogens with zero attached hydrogens (tertiary/aromatic N) is 2. The molecule has 3 atom stereocenters. The second kappa shape index (κ2) is 8.53. The van der Waals surface area contributed by atoms with E-state index in [1.165, 1.54) is 49.8 Å². The molecule has 0 amide bonds. The molecule has 4 rings (SSSR count). The van der Waals surface area contributed by atoms with E-state index >= 15 is 0 Å². The summed E-state index contributed by atoms with van der Waals surface area (Å²) in [5, 5.41) is 0. The number of thioether (sulfide) groups is 1. The van der Waals surface area contributed by atoms with Gasteiger partial charge >= 0.3 is 0 Å². The molecule has 2 aliphatic carbocycles. The zero-order valence-electron chi connectivity index (χ0n) is 15.4. The average Bonchev–Trinajstić information content (AvgIpc) is 3.12. The van der Waals surface area contributed by atoms with Crippen molar-refractivity contribution in [2.75, 3.05) is 11.5 Å². The number of fused-ring (bicyclic) bond motifs is 1.